The molecule has 0 fully saturated rings. The average molecular weight is 399 g/mol. The monoisotopic (exact) mass is 399 g/mol. The van der Waals surface area contributed by atoms with Crippen molar-refractivity contribution in [1.29, 1.82) is 0 Å². The van der Waals surface area contributed by atoms with Crippen molar-refractivity contribution in [2.24, 2.45) is 5.16 Å². The van der Waals surface area contributed by atoms with Crippen molar-refractivity contribution < 1.29 is 41.8 Å². The Morgan fingerprint density at radius 2 is 1.57 bits per heavy atom. The van der Waals surface area contributed by atoms with Crippen molar-refractivity contribution in [1.82, 2.24) is 0 Å². The summed E-state index contributed by atoms with van der Waals surface area (Å²) in [6.07, 6.45) is -3.94. The zero-order valence-corrected chi connectivity index (χ0v) is 15.1. The van der Waals surface area contributed by atoms with Crippen LogP contribution in [0.25, 0.3) is 0 Å². The fraction of sp³-hybridized carbons (Fsp3) is 0.222. The first-order chi connectivity index (χ1) is 13.3. The Hall–Kier alpha value is -3.43. The Kier molecular flexibility index (Phi) is 6.69. The van der Waals surface area contributed by atoms with Gasteiger partial charge in [-0.15, -0.1) is 13.2 Å². The zero-order valence-electron chi connectivity index (χ0n) is 15.1. The van der Waals surface area contributed by atoms with Crippen LogP contribution in [0.15, 0.2) is 41.6 Å². The second-order valence-electron chi connectivity index (χ2n) is 5.11. The summed E-state index contributed by atoms with van der Waals surface area (Å²) < 4.78 is 56.5. The number of carbonyl (C=O) groups excluding carboxylic acids is 1. The normalized spacial score (nSPS) is 11.2. The number of oxime groups is 1. The maximum atomic E-state index is 12.4. The predicted octanol–water partition coefficient (Wildman–Crippen LogP) is 3.80. The van der Waals surface area contributed by atoms with Gasteiger partial charge in [-0.1, -0.05) is 17.3 Å². The first kappa shape index (κ1) is 20.9. The quantitative estimate of drug-likeness (QED) is 0.401. The van der Waals surface area contributed by atoms with E-state index in [2.05, 4.69) is 9.89 Å². The average Bonchev–Trinajstić information content (AvgIpc) is 2.66. The van der Waals surface area contributed by atoms with Crippen LogP contribution in [0.1, 0.15) is 15.9 Å². The van der Waals surface area contributed by atoms with E-state index in [9.17, 15) is 18.0 Å². The van der Waals surface area contributed by atoms with E-state index in [4.69, 9.17) is 19.0 Å². The van der Waals surface area contributed by atoms with Crippen molar-refractivity contribution in [3.8, 4) is 23.0 Å². The van der Waals surface area contributed by atoms with E-state index < -0.39 is 18.1 Å². The summed E-state index contributed by atoms with van der Waals surface area (Å²) in [5, 5.41) is 3.43. The molecule has 0 atom stereocenters. The number of halogens is 3. The first-order valence-electron chi connectivity index (χ1n) is 7.68. The number of carbonyl (C=O) groups is 1. The van der Waals surface area contributed by atoms with Gasteiger partial charge in [-0.3, -0.25) is 0 Å². The Bertz CT molecular complexity index is 842. The Labute approximate surface area is 158 Å². The van der Waals surface area contributed by atoms with Gasteiger partial charge in [0.2, 0.25) is 5.75 Å². The maximum absolute atomic E-state index is 12.4. The van der Waals surface area contributed by atoms with Gasteiger partial charge >= 0.3 is 12.3 Å². The summed E-state index contributed by atoms with van der Waals surface area (Å²) in [6.45, 7) is 0. The van der Waals surface area contributed by atoms with Crippen molar-refractivity contribution in [2.75, 3.05) is 21.3 Å². The van der Waals surface area contributed by atoms with E-state index >= 15 is 0 Å². The number of nitrogens with zero attached hydrogens (tertiary/aromatic N) is 1. The number of rotatable bonds is 7. The van der Waals surface area contributed by atoms with Gasteiger partial charge in [0.05, 0.1) is 33.1 Å². The number of alkyl halides is 3. The summed E-state index contributed by atoms with van der Waals surface area (Å²) in [6, 6.07) is 7.96. The molecule has 0 saturated carbocycles. The SMILES string of the molecule is COc1cc(C(=O)O/N=C/c2ccccc2OC(F)(F)F)cc(OC)c1OC. The van der Waals surface area contributed by atoms with E-state index in [1.807, 2.05) is 0 Å². The Balaban J connectivity index is 2.19. The predicted molar refractivity (Wildman–Crippen MR) is 92.2 cm³/mol. The minimum absolute atomic E-state index is 0.0301. The molecule has 0 aromatic heterocycles. The van der Waals surface area contributed by atoms with Gasteiger partial charge in [-0.05, 0) is 24.3 Å². The summed E-state index contributed by atoms with van der Waals surface area (Å²) in [5.41, 5.74) is 0.00370. The largest absolute Gasteiger partial charge is 0.573 e. The molecule has 0 radical (unpaired) electrons. The number of ether oxygens (including phenoxy) is 4. The van der Waals surface area contributed by atoms with Crippen LogP contribution in [0.3, 0.4) is 0 Å². The molecule has 0 aliphatic heterocycles. The molecule has 0 amide bonds. The van der Waals surface area contributed by atoms with Crippen LogP contribution in [-0.2, 0) is 4.84 Å². The molecule has 0 saturated heterocycles. The lowest BCUT2D eigenvalue weighted by atomic mass is 10.2. The van der Waals surface area contributed by atoms with Crippen LogP contribution in [0.4, 0.5) is 13.2 Å². The summed E-state index contributed by atoms with van der Waals surface area (Å²) in [7, 11) is 4.16. The van der Waals surface area contributed by atoms with Crippen molar-refractivity contribution >= 4 is 12.2 Å². The molecule has 0 spiro atoms. The molecule has 2 aromatic rings. The molecule has 0 aliphatic carbocycles. The van der Waals surface area contributed by atoms with Crippen LogP contribution >= 0.6 is 0 Å². The van der Waals surface area contributed by atoms with E-state index in [-0.39, 0.29) is 28.4 Å². The molecule has 0 unspecified atom stereocenters. The fourth-order valence-corrected chi connectivity index (χ4v) is 2.19. The van der Waals surface area contributed by atoms with Crippen molar-refractivity contribution in [3.63, 3.8) is 0 Å². The molecule has 150 valence electrons. The highest BCUT2D eigenvalue weighted by Gasteiger charge is 2.31. The number of hydrogen-bond acceptors (Lipinski definition) is 7. The molecule has 2 rings (SSSR count). The molecule has 0 aliphatic rings. The molecule has 28 heavy (non-hydrogen) atoms. The van der Waals surface area contributed by atoms with Gasteiger partial charge < -0.3 is 23.8 Å². The second kappa shape index (κ2) is 8.98. The molecule has 10 heteroatoms. The van der Waals surface area contributed by atoms with Gasteiger partial charge in [-0.25, -0.2) is 4.79 Å². The highest BCUT2D eigenvalue weighted by atomic mass is 19.4. The molecule has 0 N–H and O–H groups in total. The lowest BCUT2D eigenvalue weighted by molar-refractivity contribution is -0.274. The van der Waals surface area contributed by atoms with Crippen LogP contribution in [0, 0.1) is 0 Å². The topological polar surface area (TPSA) is 75.6 Å². The molecular formula is C18H16F3NO6. The van der Waals surface area contributed by atoms with Gasteiger partial charge in [0, 0.05) is 5.56 Å². The number of para-hydroxylation sites is 1. The van der Waals surface area contributed by atoms with Gasteiger partial charge in [0.15, 0.2) is 11.5 Å². The third kappa shape index (κ3) is 5.29. The smallest absolute Gasteiger partial charge is 0.493 e. The minimum atomic E-state index is -4.86. The second-order valence-corrected chi connectivity index (χ2v) is 5.11. The number of methoxy groups -OCH3 is 3. The molecular weight excluding hydrogens is 383 g/mol. The molecule has 0 bridgehead atoms. The van der Waals surface area contributed by atoms with Crippen LogP contribution in [0.5, 0.6) is 23.0 Å². The molecule has 0 heterocycles. The fourth-order valence-electron chi connectivity index (χ4n) is 2.19. The number of hydrogen-bond donors (Lipinski definition) is 0. The Morgan fingerprint density at radius 3 is 2.11 bits per heavy atom. The van der Waals surface area contributed by atoms with Gasteiger partial charge in [0.1, 0.15) is 5.75 Å². The highest BCUT2D eigenvalue weighted by Crippen LogP contribution is 2.38. The van der Waals surface area contributed by atoms with Crippen LogP contribution < -0.4 is 18.9 Å². The molecule has 2 aromatic carbocycles. The summed E-state index contributed by atoms with van der Waals surface area (Å²) in [5.74, 6) is -0.640. The van der Waals surface area contributed by atoms with Crippen molar-refractivity contribution in [2.45, 2.75) is 6.36 Å². The number of benzene rings is 2. The highest BCUT2D eigenvalue weighted by molar-refractivity contribution is 5.92. The first-order valence-corrected chi connectivity index (χ1v) is 7.68. The Morgan fingerprint density at radius 1 is 0.964 bits per heavy atom. The van der Waals surface area contributed by atoms with E-state index in [1.165, 1.54) is 51.7 Å². The lowest BCUT2D eigenvalue weighted by Crippen LogP contribution is -2.18. The van der Waals surface area contributed by atoms with Gasteiger partial charge in [0.25, 0.3) is 0 Å². The zero-order chi connectivity index (χ0) is 20.7. The lowest BCUT2D eigenvalue weighted by Gasteiger charge is -2.13. The third-order valence-corrected chi connectivity index (χ3v) is 3.37. The summed E-state index contributed by atoms with van der Waals surface area (Å²) in [4.78, 5) is 16.9. The minimum Gasteiger partial charge on any atom is -0.493 e. The maximum Gasteiger partial charge on any atom is 0.573 e. The standard InChI is InChI=1S/C18H16F3NO6/c1-24-14-8-12(9-15(25-2)16(14)26-3)17(23)28-22-10-11-6-4-5-7-13(11)27-18(19,20)21/h4-10H,1-3H3/b22-10+. The third-order valence-electron chi connectivity index (χ3n) is 3.37. The van der Waals surface area contributed by atoms with E-state index in [1.54, 1.807) is 0 Å². The van der Waals surface area contributed by atoms with Crippen molar-refractivity contribution in [3.05, 3.63) is 47.5 Å². The van der Waals surface area contributed by atoms with Gasteiger partial charge in [-0.2, -0.15) is 0 Å². The van der Waals surface area contributed by atoms with Crippen LogP contribution in [0.2, 0.25) is 0 Å². The van der Waals surface area contributed by atoms with Crippen LogP contribution in [-0.4, -0.2) is 39.9 Å². The van der Waals surface area contributed by atoms with E-state index in [0.29, 0.717) is 0 Å². The summed E-state index contributed by atoms with van der Waals surface area (Å²) >= 11 is 0. The van der Waals surface area contributed by atoms with E-state index in [0.717, 1.165) is 12.3 Å². The molecule has 7 nitrogen and oxygen atoms in total.